The largest absolute Gasteiger partial charge is 0.411 e. The van der Waals surface area contributed by atoms with Crippen molar-refractivity contribution >= 4 is 17.2 Å². The SMILES string of the molecule is O=C(NCc1cccc(F)c1)c1nnc(-c2cccs2)o1. The van der Waals surface area contributed by atoms with Gasteiger partial charge in [0.1, 0.15) is 5.82 Å². The molecular formula is C14H10FN3O2S. The molecule has 0 aliphatic heterocycles. The highest BCUT2D eigenvalue weighted by Crippen LogP contribution is 2.22. The van der Waals surface area contributed by atoms with E-state index in [0.29, 0.717) is 11.5 Å². The zero-order valence-electron chi connectivity index (χ0n) is 10.7. The lowest BCUT2D eigenvalue weighted by molar-refractivity contribution is 0.0917. The summed E-state index contributed by atoms with van der Waals surface area (Å²) in [6, 6.07) is 9.68. The van der Waals surface area contributed by atoms with Crippen molar-refractivity contribution < 1.29 is 13.6 Å². The summed E-state index contributed by atoms with van der Waals surface area (Å²) in [6.07, 6.45) is 0. The van der Waals surface area contributed by atoms with E-state index in [-0.39, 0.29) is 18.3 Å². The summed E-state index contributed by atoms with van der Waals surface area (Å²) in [5.41, 5.74) is 0.654. The summed E-state index contributed by atoms with van der Waals surface area (Å²) in [6.45, 7) is 0.188. The number of thiophene rings is 1. The highest BCUT2D eigenvalue weighted by Gasteiger charge is 2.16. The number of hydrogen-bond acceptors (Lipinski definition) is 5. The summed E-state index contributed by atoms with van der Waals surface area (Å²) in [5, 5.41) is 12.0. The third-order valence-electron chi connectivity index (χ3n) is 2.69. The number of rotatable bonds is 4. The molecule has 5 nitrogen and oxygen atoms in total. The number of hydrogen-bond donors (Lipinski definition) is 1. The van der Waals surface area contributed by atoms with Crippen molar-refractivity contribution in [2.75, 3.05) is 0 Å². The molecule has 0 bridgehead atoms. The van der Waals surface area contributed by atoms with Gasteiger partial charge in [0.15, 0.2) is 0 Å². The zero-order chi connectivity index (χ0) is 14.7. The fourth-order valence-electron chi connectivity index (χ4n) is 1.72. The Morgan fingerprint density at radius 1 is 1.29 bits per heavy atom. The van der Waals surface area contributed by atoms with Gasteiger partial charge in [-0.1, -0.05) is 18.2 Å². The minimum atomic E-state index is -0.491. The summed E-state index contributed by atoms with van der Waals surface area (Å²) in [7, 11) is 0. The van der Waals surface area contributed by atoms with Gasteiger partial charge in [0.25, 0.3) is 5.89 Å². The number of nitrogens with zero attached hydrogens (tertiary/aromatic N) is 2. The molecule has 7 heteroatoms. The van der Waals surface area contributed by atoms with Crippen molar-refractivity contribution in [2.45, 2.75) is 6.54 Å². The fraction of sp³-hybridized carbons (Fsp3) is 0.0714. The molecule has 1 aromatic carbocycles. The molecule has 1 N–H and O–H groups in total. The smallest absolute Gasteiger partial charge is 0.309 e. The molecule has 0 aliphatic carbocycles. The average Bonchev–Trinajstić information content (AvgIpc) is 3.15. The molecule has 3 rings (SSSR count). The van der Waals surface area contributed by atoms with Crippen molar-refractivity contribution in [3.63, 3.8) is 0 Å². The predicted octanol–water partition coefficient (Wildman–Crippen LogP) is 2.87. The van der Waals surface area contributed by atoms with Crippen LogP contribution in [0.4, 0.5) is 4.39 Å². The van der Waals surface area contributed by atoms with E-state index >= 15 is 0 Å². The molecule has 0 fully saturated rings. The fourth-order valence-corrected chi connectivity index (χ4v) is 2.36. The van der Waals surface area contributed by atoms with E-state index in [2.05, 4.69) is 15.5 Å². The van der Waals surface area contributed by atoms with Crippen molar-refractivity contribution in [1.29, 1.82) is 0 Å². The van der Waals surface area contributed by atoms with Crippen molar-refractivity contribution in [1.82, 2.24) is 15.5 Å². The first-order valence-electron chi connectivity index (χ1n) is 6.12. The molecule has 0 spiro atoms. The molecule has 0 atom stereocenters. The summed E-state index contributed by atoms with van der Waals surface area (Å²) >= 11 is 1.44. The van der Waals surface area contributed by atoms with E-state index in [9.17, 15) is 9.18 Å². The second kappa shape index (κ2) is 5.84. The molecular weight excluding hydrogens is 293 g/mol. The van der Waals surface area contributed by atoms with Crippen molar-refractivity contribution in [3.8, 4) is 10.8 Å². The summed E-state index contributed by atoms with van der Waals surface area (Å²) in [4.78, 5) is 12.7. The molecule has 21 heavy (non-hydrogen) atoms. The number of halogens is 1. The molecule has 0 unspecified atom stereocenters. The standard InChI is InChI=1S/C14H10FN3O2S/c15-10-4-1-3-9(7-10)8-16-12(19)14-18-17-13(20-14)11-5-2-6-21-11/h1-7H,8H2,(H,16,19). The minimum Gasteiger partial charge on any atom is -0.411 e. The van der Waals surface area contributed by atoms with Gasteiger partial charge in [-0.25, -0.2) is 4.39 Å². The molecule has 0 saturated carbocycles. The van der Waals surface area contributed by atoms with E-state index in [1.807, 2.05) is 17.5 Å². The normalized spacial score (nSPS) is 10.5. The van der Waals surface area contributed by atoms with E-state index in [0.717, 1.165) is 4.88 Å². The van der Waals surface area contributed by atoms with Crippen molar-refractivity contribution in [2.24, 2.45) is 0 Å². The third-order valence-corrected chi connectivity index (χ3v) is 3.55. The van der Waals surface area contributed by atoms with Gasteiger partial charge in [-0.3, -0.25) is 4.79 Å². The van der Waals surface area contributed by atoms with Crippen LogP contribution >= 0.6 is 11.3 Å². The van der Waals surface area contributed by atoms with Gasteiger partial charge in [0, 0.05) is 6.54 Å². The average molecular weight is 303 g/mol. The van der Waals surface area contributed by atoms with E-state index in [1.54, 1.807) is 12.1 Å². The highest BCUT2D eigenvalue weighted by molar-refractivity contribution is 7.13. The lowest BCUT2D eigenvalue weighted by atomic mass is 10.2. The van der Waals surface area contributed by atoms with E-state index in [4.69, 9.17) is 4.42 Å². The number of amides is 1. The number of carbonyl (C=O) groups is 1. The second-order valence-electron chi connectivity index (χ2n) is 4.20. The Morgan fingerprint density at radius 3 is 2.95 bits per heavy atom. The Morgan fingerprint density at radius 2 is 2.19 bits per heavy atom. The molecule has 2 heterocycles. The topological polar surface area (TPSA) is 68.0 Å². The molecule has 0 aliphatic rings. The molecule has 0 radical (unpaired) electrons. The van der Waals surface area contributed by atoms with Gasteiger partial charge in [0.05, 0.1) is 4.88 Å². The summed E-state index contributed by atoms with van der Waals surface area (Å²) in [5.74, 6) is -0.648. The van der Waals surface area contributed by atoms with Crippen LogP contribution in [0.5, 0.6) is 0 Å². The first kappa shape index (κ1) is 13.4. The van der Waals surface area contributed by atoms with Crippen LogP contribution in [0.15, 0.2) is 46.2 Å². The Bertz CT molecular complexity index is 755. The first-order chi connectivity index (χ1) is 10.2. The number of carbonyl (C=O) groups excluding carboxylic acids is 1. The molecule has 0 saturated heterocycles. The quantitative estimate of drug-likeness (QED) is 0.804. The van der Waals surface area contributed by atoms with Crippen LogP contribution in [0.3, 0.4) is 0 Å². The van der Waals surface area contributed by atoms with Crippen LogP contribution in [0, 0.1) is 5.82 Å². The summed E-state index contributed by atoms with van der Waals surface area (Å²) < 4.78 is 18.3. The number of aromatic nitrogens is 2. The molecule has 1 amide bonds. The third kappa shape index (κ3) is 3.14. The van der Waals surface area contributed by atoms with Gasteiger partial charge >= 0.3 is 11.8 Å². The number of benzene rings is 1. The van der Waals surface area contributed by atoms with Crippen LogP contribution < -0.4 is 5.32 Å². The van der Waals surface area contributed by atoms with E-state index < -0.39 is 5.91 Å². The van der Waals surface area contributed by atoms with Crippen LogP contribution in [0.1, 0.15) is 16.2 Å². The van der Waals surface area contributed by atoms with Gasteiger partial charge in [-0.05, 0) is 29.1 Å². The second-order valence-corrected chi connectivity index (χ2v) is 5.15. The highest BCUT2D eigenvalue weighted by atomic mass is 32.1. The van der Waals surface area contributed by atoms with Crippen LogP contribution in [0.25, 0.3) is 10.8 Å². The minimum absolute atomic E-state index is 0.116. The monoisotopic (exact) mass is 303 g/mol. The Kier molecular flexibility index (Phi) is 3.74. The lowest BCUT2D eigenvalue weighted by Gasteiger charge is -2.02. The van der Waals surface area contributed by atoms with Gasteiger partial charge < -0.3 is 9.73 Å². The maximum atomic E-state index is 13.0. The van der Waals surface area contributed by atoms with Crippen LogP contribution in [0.2, 0.25) is 0 Å². The van der Waals surface area contributed by atoms with Gasteiger partial charge in [-0.2, -0.15) is 0 Å². The first-order valence-corrected chi connectivity index (χ1v) is 7.00. The maximum absolute atomic E-state index is 13.0. The van der Waals surface area contributed by atoms with Gasteiger partial charge in [-0.15, -0.1) is 21.5 Å². The molecule has 106 valence electrons. The van der Waals surface area contributed by atoms with Gasteiger partial charge in [0.2, 0.25) is 0 Å². The Balaban J connectivity index is 1.66. The van der Waals surface area contributed by atoms with Crippen LogP contribution in [-0.4, -0.2) is 16.1 Å². The Labute approximate surface area is 123 Å². The van der Waals surface area contributed by atoms with Crippen molar-refractivity contribution in [3.05, 3.63) is 59.0 Å². The number of nitrogens with one attached hydrogen (secondary N) is 1. The zero-order valence-corrected chi connectivity index (χ0v) is 11.6. The maximum Gasteiger partial charge on any atom is 0.309 e. The molecule has 3 aromatic rings. The predicted molar refractivity (Wildman–Crippen MR) is 75.2 cm³/mol. The van der Waals surface area contributed by atoms with Crippen LogP contribution in [-0.2, 0) is 6.54 Å². The lowest BCUT2D eigenvalue weighted by Crippen LogP contribution is -2.23. The Hall–Kier alpha value is -2.54. The molecule has 2 aromatic heterocycles. The van der Waals surface area contributed by atoms with E-state index in [1.165, 1.54) is 23.5 Å².